The second-order valence-electron chi connectivity index (χ2n) is 7.94. The molecule has 5 atom stereocenters. The Hall–Kier alpha value is -3.54. The van der Waals surface area contributed by atoms with Crippen LogP contribution in [0.25, 0.3) is 10.8 Å². The molecule has 10 heteroatoms. The zero-order valence-electron chi connectivity index (χ0n) is 18.6. The summed E-state index contributed by atoms with van der Waals surface area (Å²) in [5.74, 6) is 0.507. The van der Waals surface area contributed by atoms with Crippen molar-refractivity contribution >= 4 is 22.9 Å². The third-order valence-corrected chi connectivity index (χ3v) is 5.49. The predicted octanol–water partition coefficient (Wildman–Crippen LogP) is 0.548. The standard InChI is InChI=1S/C25H26N2O8/c28-13-20-22(30)23(31)24(32)25(35-20)34-17-10-8-15(9-11-17)12-26-27-21(29)14-33-19-7-3-5-16-4-1-2-6-18(16)19/h1-12,20,22-25,28,30-32H,13-14H2,(H,27,29). The lowest BCUT2D eigenvalue weighted by molar-refractivity contribution is -0.277. The molecular weight excluding hydrogens is 456 g/mol. The van der Waals surface area contributed by atoms with Crippen LogP contribution in [-0.4, -0.2) is 76.5 Å². The van der Waals surface area contributed by atoms with Crippen LogP contribution in [-0.2, 0) is 9.53 Å². The summed E-state index contributed by atoms with van der Waals surface area (Å²) in [6.45, 7) is -0.740. The van der Waals surface area contributed by atoms with Crippen LogP contribution in [0.5, 0.6) is 11.5 Å². The van der Waals surface area contributed by atoms with Crippen molar-refractivity contribution < 1.29 is 39.4 Å². The van der Waals surface area contributed by atoms with Crippen LogP contribution < -0.4 is 14.9 Å². The van der Waals surface area contributed by atoms with Crippen LogP contribution in [0.1, 0.15) is 5.56 Å². The molecule has 4 rings (SSSR count). The van der Waals surface area contributed by atoms with E-state index in [1.807, 2.05) is 36.4 Å². The van der Waals surface area contributed by atoms with Gasteiger partial charge in [0.05, 0.1) is 12.8 Å². The lowest BCUT2D eigenvalue weighted by Gasteiger charge is -2.39. The number of carbonyl (C=O) groups is 1. The fourth-order valence-electron chi connectivity index (χ4n) is 3.61. The van der Waals surface area contributed by atoms with Crippen molar-refractivity contribution in [2.45, 2.75) is 30.7 Å². The molecule has 5 N–H and O–H groups in total. The molecule has 1 aliphatic heterocycles. The number of rotatable bonds is 8. The second kappa shape index (κ2) is 11.3. The Balaban J connectivity index is 1.27. The molecule has 0 aromatic heterocycles. The maximum absolute atomic E-state index is 12.1. The summed E-state index contributed by atoms with van der Waals surface area (Å²) < 4.78 is 16.5. The van der Waals surface area contributed by atoms with Gasteiger partial charge in [0.25, 0.3) is 5.91 Å². The quantitative estimate of drug-likeness (QED) is 0.231. The molecular formula is C25H26N2O8. The van der Waals surface area contributed by atoms with Crippen molar-refractivity contribution in [2.24, 2.45) is 5.10 Å². The number of aliphatic hydroxyl groups is 4. The Bertz CT molecular complexity index is 1160. The highest BCUT2D eigenvalue weighted by atomic mass is 16.7. The highest BCUT2D eigenvalue weighted by molar-refractivity contribution is 5.89. The molecule has 0 spiro atoms. The average molecular weight is 482 g/mol. The number of aliphatic hydroxyl groups excluding tert-OH is 4. The zero-order valence-corrected chi connectivity index (χ0v) is 18.6. The monoisotopic (exact) mass is 482 g/mol. The van der Waals surface area contributed by atoms with Gasteiger partial charge in [0.2, 0.25) is 6.29 Å². The summed E-state index contributed by atoms with van der Waals surface area (Å²) in [5.41, 5.74) is 3.06. The Morgan fingerprint density at radius 1 is 0.971 bits per heavy atom. The number of fused-ring (bicyclic) bond motifs is 1. The van der Waals surface area contributed by atoms with E-state index in [0.717, 1.165) is 10.8 Å². The van der Waals surface area contributed by atoms with E-state index in [1.165, 1.54) is 6.21 Å². The van der Waals surface area contributed by atoms with Gasteiger partial charge in [-0.3, -0.25) is 4.79 Å². The highest BCUT2D eigenvalue weighted by Crippen LogP contribution is 2.25. The predicted molar refractivity (Wildman–Crippen MR) is 126 cm³/mol. The van der Waals surface area contributed by atoms with Crippen LogP contribution in [0.15, 0.2) is 71.8 Å². The minimum atomic E-state index is -1.52. The molecule has 1 aliphatic rings. The van der Waals surface area contributed by atoms with Crippen molar-refractivity contribution in [1.29, 1.82) is 0 Å². The average Bonchev–Trinajstić information content (AvgIpc) is 2.88. The summed E-state index contributed by atoms with van der Waals surface area (Å²) in [6, 6.07) is 19.8. The van der Waals surface area contributed by atoms with E-state index in [4.69, 9.17) is 14.2 Å². The number of ether oxygens (including phenoxy) is 3. The maximum atomic E-state index is 12.1. The number of nitrogens with one attached hydrogen (secondary N) is 1. The molecule has 1 amide bonds. The van der Waals surface area contributed by atoms with Gasteiger partial charge in [-0.2, -0.15) is 5.10 Å². The fraction of sp³-hybridized carbons (Fsp3) is 0.280. The van der Waals surface area contributed by atoms with Gasteiger partial charge in [-0.15, -0.1) is 0 Å². The summed E-state index contributed by atoms with van der Waals surface area (Å²) in [4.78, 5) is 12.1. The Morgan fingerprint density at radius 3 is 2.49 bits per heavy atom. The van der Waals surface area contributed by atoms with E-state index in [0.29, 0.717) is 17.1 Å². The molecule has 1 fully saturated rings. The van der Waals surface area contributed by atoms with Gasteiger partial charge in [0.15, 0.2) is 6.61 Å². The van der Waals surface area contributed by atoms with Gasteiger partial charge >= 0.3 is 0 Å². The third kappa shape index (κ3) is 5.94. The van der Waals surface area contributed by atoms with Gasteiger partial charge in [0.1, 0.15) is 35.9 Å². The van der Waals surface area contributed by atoms with Crippen molar-refractivity contribution in [3.05, 3.63) is 72.3 Å². The number of benzene rings is 3. The van der Waals surface area contributed by atoms with Crippen LogP contribution in [0.3, 0.4) is 0 Å². The lowest BCUT2D eigenvalue weighted by atomic mass is 9.99. The van der Waals surface area contributed by atoms with E-state index in [9.17, 15) is 25.2 Å². The van der Waals surface area contributed by atoms with Gasteiger partial charge in [-0.1, -0.05) is 36.4 Å². The van der Waals surface area contributed by atoms with Crippen molar-refractivity contribution in [1.82, 2.24) is 5.43 Å². The number of hydrogen-bond acceptors (Lipinski definition) is 9. The zero-order chi connectivity index (χ0) is 24.8. The number of hydrazone groups is 1. The van der Waals surface area contributed by atoms with Crippen LogP contribution >= 0.6 is 0 Å². The second-order valence-corrected chi connectivity index (χ2v) is 7.94. The van der Waals surface area contributed by atoms with Gasteiger partial charge in [-0.05, 0) is 41.3 Å². The fourth-order valence-corrected chi connectivity index (χ4v) is 3.61. The lowest BCUT2D eigenvalue weighted by Crippen LogP contribution is -2.60. The Kier molecular flexibility index (Phi) is 7.91. The first-order valence-corrected chi connectivity index (χ1v) is 11.0. The SMILES string of the molecule is O=C(COc1cccc2ccccc12)NN=Cc1ccc(OC2OC(CO)C(O)C(O)C2O)cc1. The van der Waals surface area contributed by atoms with Crippen LogP contribution in [0.4, 0.5) is 0 Å². The summed E-state index contributed by atoms with van der Waals surface area (Å²) in [5, 5.41) is 44.8. The van der Waals surface area contributed by atoms with E-state index >= 15 is 0 Å². The van der Waals surface area contributed by atoms with Gasteiger partial charge in [0, 0.05) is 5.39 Å². The largest absolute Gasteiger partial charge is 0.483 e. The minimum absolute atomic E-state index is 0.197. The number of hydrogen-bond donors (Lipinski definition) is 5. The first-order chi connectivity index (χ1) is 17.0. The smallest absolute Gasteiger partial charge is 0.277 e. The van der Waals surface area contributed by atoms with Crippen LogP contribution in [0.2, 0.25) is 0 Å². The Labute approximate surface area is 201 Å². The Morgan fingerprint density at radius 2 is 1.71 bits per heavy atom. The molecule has 0 bridgehead atoms. The van der Waals surface area contributed by atoms with E-state index in [1.54, 1.807) is 30.3 Å². The normalized spacial score (nSPS) is 24.4. The molecule has 10 nitrogen and oxygen atoms in total. The molecule has 3 aromatic carbocycles. The summed E-state index contributed by atoms with van der Waals surface area (Å²) in [7, 11) is 0. The van der Waals surface area contributed by atoms with Crippen molar-refractivity contribution in [3.8, 4) is 11.5 Å². The first-order valence-electron chi connectivity index (χ1n) is 11.0. The summed E-state index contributed by atoms with van der Waals surface area (Å²) >= 11 is 0. The van der Waals surface area contributed by atoms with Gasteiger partial charge < -0.3 is 34.6 Å². The molecule has 184 valence electrons. The van der Waals surface area contributed by atoms with Crippen molar-refractivity contribution in [2.75, 3.05) is 13.2 Å². The number of nitrogens with zero attached hydrogens (tertiary/aromatic N) is 1. The minimum Gasteiger partial charge on any atom is -0.483 e. The van der Waals surface area contributed by atoms with E-state index in [2.05, 4.69) is 10.5 Å². The number of amides is 1. The molecule has 1 saturated heterocycles. The topological polar surface area (TPSA) is 150 Å². The molecule has 0 saturated carbocycles. The number of carbonyl (C=O) groups excluding carboxylic acids is 1. The maximum Gasteiger partial charge on any atom is 0.277 e. The summed E-state index contributed by atoms with van der Waals surface area (Å²) in [6.07, 6.45) is -5.37. The van der Waals surface area contributed by atoms with Gasteiger partial charge in [-0.25, -0.2) is 5.43 Å². The molecule has 5 unspecified atom stereocenters. The molecule has 0 aliphatic carbocycles. The van der Waals surface area contributed by atoms with Crippen LogP contribution in [0, 0.1) is 0 Å². The highest BCUT2D eigenvalue weighted by Gasteiger charge is 2.44. The first kappa shape index (κ1) is 24.6. The molecule has 0 radical (unpaired) electrons. The molecule has 3 aromatic rings. The van der Waals surface area contributed by atoms with Crippen molar-refractivity contribution in [3.63, 3.8) is 0 Å². The molecule has 1 heterocycles. The third-order valence-electron chi connectivity index (χ3n) is 5.49. The van der Waals surface area contributed by atoms with E-state index in [-0.39, 0.29) is 6.61 Å². The van der Waals surface area contributed by atoms with E-state index < -0.39 is 43.2 Å². The molecule has 35 heavy (non-hydrogen) atoms.